The summed E-state index contributed by atoms with van der Waals surface area (Å²) >= 11 is 2.53. The number of hydrogen-bond donors (Lipinski definition) is 0. The van der Waals surface area contributed by atoms with Gasteiger partial charge in [-0.25, -0.2) is 0 Å². The molecule has 1 heteroatoms. The van der Waals surface area contributed by atoms with Crippen molar-refractivity contribution in [1.29, 1.82) is 0 Å². The summed E-state index contributed by atoms with van der Waals surface area (Å²) in [5, 5.41) is 0. The topological polar surface area (TPSA) is 0 Å². The van der Waals surface area contributed by atoms with Crippen molar-refractivity contribution in [2.24, 2.45) is 5.92 Å². The fourth-order valence-corrected chi connectivity index (χ4v) is 1.56. The third kappa shape index (κ3) is 7.14. The van der Waals surface area contributed by atoms with Gasteiger partial charge in [-0.2, -0.15) is 0 Å². The van der Waals surface area contributed by atoms with E-state index in [9.17, 15) is 0 Å². The van der Waals surface area contributed by atoms with Gasteiger partial charge in [-0.1, -0.05) is 55.5 Å². The van der Waals surface area contributed by atoms with E-state index in [0.29, 0.717) is 0 Å². The second-order valence-corrected chi connectivity index (χ2v) is 5.65. The predicted molar refractivity (Wildman–Crippen MR) is 65.9 cm³/mol. The fraction of sp³-hybridized carbons (Fsp3) is 0.818. The lowest BCUT2D eigenvalue weighted by Gasteiger charge is -2.10. The summed E-state index contributed by atoms with van der Waals surface area (Å²) < 4.78 is 0.839. The van der Waals surface area contributed by atoms with Crippen molar-refractivity contribution in [2.75, 3.05) is 0 Å². The van der Waals surface area contributed by atoms with Gasteiger partial charge in [0.2, 0.25) is 0 Å². The molecule has 0 aliphatic rings. The zero-order chi connectivity index (χ0) is 9.56. The average Bonchev–Trinajstić information content (AvgIpc) is 1.99. The molecule has 0 saturated carbocycles. The zero-order valence-corrected chi connectivity index (χ0v) is 10.7. The molecule has 0 rings (SSSR count). The van der Waals surface area contributed by atoms with E-state index in [1.807, 2.05) is 0 Å². The van der Waals surface area contributed by atoms with Gasteiger partial charge in [0.1, 0.15) is 0 Å². The molecule has 0 saturated heterocycles. The monoisotopic (exact) mass is 280 g/mol. The molecule has 0 nitrogen and oxygen atoms in total. The Hall–Kier alpha value is 0.470. The maximum Gasteiger partial charge on any atom is 0.0110 e. The van der Waals surface area contributed by atoms with E-state index >= 15 is 0 Å². The standard InChI is InChI=1S/C11H21I/c1-5-11(12)7-6-10(4)8-9(2)3/h9,11H,4-8H2,1-3H3. The Morgan fingerprint density at radius 2 is 2.00 bits per heavy atom. The van der Waals surface area contributed by atoms with Gasteiger partial charge >= 0.3 is 0 Å². The lowest BCUT2D eigenvalue weighted by atomic mass is 9.99. The zero-order valence-electron chi connectivity index (χ0n) is 8.57. The smallest absolute Gasteiger partial charge is 0.0110 e. The van der Waals surface area contributed by atoms with Crippen LogP contribution in [0.1, 0.15) is 46.5 Å². The molecule has 0 N–H and O–H groups in total. The van der Waals surface area contributed by atoms with Crippen LogP contribution in [-0.4, -0.2) is 3.92 Å². The molecule has 0 aromatic carbocycles. The molecule has 1 atom stereocenters. The predicted octanol–water partition coefficient (Wildman–Crippen LogP) is 4.58. The van der Waals surface area contributed by atoms with Crippen LogP contribution in [0.3, 0.4) is 0 Å². The van der Waals surface area contributed by atoms with Gasteiger partial charge < -0.3 is 0 Å². The molecule has 72 valence electrons. The first-order valence-corrected chi connectivity index (χ1v) is 6.11. The molecule has 0 aliphatic carbocycles. The lowest BCUT2D eigenvalue weighted by Crippen LogP contribution is -1.97. The Morgan fingerprint density at radius 3 is 2.42 bits per heavy atom. The molecule has 1 unspecified atom stereocenters. The highest BCUT2D eigenvalue weighted by molar-refractivity contribution is 14.1. The maximum absolute atomic E-state index is 4.10. The second-order valence-electron chi connectivity index (χ2n) is 3.89. The van der Waals surface area contributed by atoms with Crippen molar-refractivity contribution in [3.05, 3.63) is 12.2 Å². The highest BCUT2D eigenvalue weighted by atomic mass is 127. The maximum atomic E-state index is 4.10. The van der Waals surface area contributed by atoms with Crippen LogP contribution in [0.15, 0.2) is 12.2 Å². The highest BCUT2D eigenvalue weighted by Crippen LogP contribution is 2.19. The summed E-state index contributed by atoms with van der Waals surface area (Å²) in [6, 6.07) is 0. The van der Waals surface area contributed by atoms with Crippen LogP contribution >= 0.6 is 22.6 Å². The molecule has 0 heterocycles. The summed E-state index contributed by atoms with van der Waals surface area (Å²) in [4.78, 5) is 0. The average molecular weight is 280 g/mol. The molecule has 0 aromatic heterocycles. The van der Waals surface area contributed by atoms with E-state index in [2.05, 4.69) is 49.9 Å². The van der Waals surface area contributed by atoms with E-state index in [4.69, 9.17) is 0 Å². The van der Waals surface area contributed by atoms with Crippen LogP contribution in [0.5, 0.6) is 0 Å². The molecule has 0 fully saturated rings. The lowest BCUT2D eigenvalue weighted by molar-refractivity contribution is 0.614. The minimum Gasteiger partial charge on any atom is -0.0999 e. The molecule has 0 radical (unpaired) electrons. The molecular formula is C11H21I. The Bertz CT molecular complexity index is 127. The fourth-order valence-electron chi connectivity index (χ4n) is 1.24. The number of alkyl halides is 1. The number of halogens is 1. The van der Waals surface area contributed by atoms with Crippen LogP contribution in [0, 0.1) is 5.92 Å². The van der Waals surface area contributed by atoms with Gasteiger partial charge in [0.05, 0.1) is 0 Å². The van der Waals surface area contributed by atoms with E-state index in [0.717, 1.165) is 9.84 Å². The largest absolute Gasteiger partial charge is 0.0999 e. The van der Waals surface area contributed by atoms with Crippen molar-refractivity contribution in [3.8, 4) is 0 Å². The first-order valence-electron chi connectivity index (χ1n) is 4.87. The number of allylic oxidation sites excluding steroid dienone is 1. The summed E-state index contributed by atoms with van der Waals surface area (Å²) in [6.07, 6.45) is 5.02. The summed E-state index contributed by atoms with van der Waals surface area (Å²) in [6.45, 7) is 10.9. The van der Waals surface area contributed by atoms with E-state index in [1.165, 1.54) is 31.3 Å². The highest BCUT2D eigenvalue weighted by Gasteiger charge is 2.03. The first kappa shape index (κ1) is 12.5. The molecule has 0 aromatic rings. The normalized spacial score (nSPS) is 13.4. The van der Waals surface area contributed by atoms with Gasteiger partial charge in [0.25, 0.3) is 0 Å². The van der Waals surface area contributed by atoms with Crippen LogP contribution < -0.4 is 0 Å². The van der Waals surface area contributed by atoms with Gasteiger partial charge in [0, 0.05) is 3.92 Å². The van der Waals surface area contributed by atoms with Gasteiger partial charge in [-0.05, 0) is 31.6 Å². The SMILES string of the molecule is C=C(CCC(I)CC)CC(C)C. The Labute approximate surface area is 91.0 Å². The van der Waals surface area contributed by atoms with Gasteiger partial charge in [0.15, 0.2) is 0 Å². The summed E-state index contributed by atoms with van der Waals surface area (Å²) in [5.41, 5.74) is 1.43. The molecule has 0 amide bonds. The van der Waals surface area contributed by atoms with Crippen LogP contribution in [0.25, 0.3) is 0 Å². The van der Waals surface area contributed by atoms with Crippen molar-refractivity contribution < 1.29 is 0 Å². The quantitative estimate of drug-likeness (QED) is 0.379. The third-order valence-corrected chi connectivity index (χ3v) is 3.45. The van der Waals surface area contributed by atoms with Crippen molar-refractivity contribution in [3.63, 3.8) is 0 Å². The third-order valence-electron chi connectivity index (χ3n) is 1.95. The minimum atomic E-state index is 0.770. The number of hydrogen-bond acceptors (Lipinski definition) is 0. The van der Waals surface area contributed by atoms with Crippen molar-refractivity contribution in [1.82, 2.24) is 0 Å². The first-order chi connectivity index (χ1) is 5.56. The van der Waals surface area contributed by atoms with Crippen LogP contribution in [0.2, 0.25) is 0 Å². The van der Waals surface area contributed by atoms with E-state index in [1.54, 1.807) is 0 Å². The Morgan fingerprint density at radius 1 is 1.42 bits per heavy atom. The molecule has 12 heavy (non-hydrogen) atoms. The van der Waals surface area contributed by atoms with Crippen molar-refractivity contribution in [2.45, 2.75) is 50.4 Å². The molecule has 0 aliphatic heterocycles. The Kier molecular flexibility index (Phi) is 7.20. The van der Waals surface area contributed by atoms with Crippen LogP contribution in [0.4, 0.5) is 0 Å². The van der Waals surface area contributed by atoms with E-state index in [-0.39, 0.29) is 0 Å². The van der Waals surface area contributed by atoms with Crippen molar-refractivity contribution >= 4 is 22.6 Å². The molecule has 0 spiro atoms. The minimum absolute atomic E-state index is 0.770. The van der Waals surface area contributed by atoms with Gasteiger partial charge in [-0.15, -0.1) is 0 Å². The second kappa shape index (κ2) is 6.93. The summed E-state index contributed by atoms with van der Waals surface area (Å²) in [5.74, 6) is 0.770. The van der Waals surface area contributed by atoms with Gasteiger partial charge in [-0.3, -0.25) is 0 Å². The van der Waals surface area contributed by atoms with Crippen LogP contribution in [-0.2, 0) is 0 Å². The summed E-state index contributed by atoms with van der Waals surface area (Å²) in [7, 11) is 0. The molecular weight excluding hydrogens is 259 g/mol. The molecule has 0 bridgehead atoms. The van der Waals surface area contributed by atoms with E-state index < -0.39 is 0 Å². The number of rotatable bonds is 6. The Balaban J connectivity index is 3.44.